The van der Waals surface area contributed by atoms with Crippen LogP contribution in [0, 0.1) is 6.92 Å². The van der Waals surface area contributed by atoms with Crippen LogP contribution in [0.25, 0.3) is 0 Å². The first-order valence-corrected chi connectivity index (χ1v) is 8.25. The predicted molar refractivity (Wildman–Crippen MR) is 97.1 cm³/mol. The molecule has 0 aliphatic carbocycles. The van der Waals surface area contributed by atoms with Gasteiger partial charge in [-0.25, -0.2) is 4.79 Å². The SMILES string of the molecule is Cc1ccccc1CN(C)C(=O)NCc1ccc(OC(C)C)cc1. The Bertz CT molecular complexity index is 666. The van der Waals surface area contributed by atoms with Crippen LogP contribution < -0.4 is 10.1 Å². The molecule has 1 N–H and O–H groups in total. The van der Waals surface area contributed by atoms with Crippen molar-refractivity contribution in [1.29, 1.82) is 0 Å². The van der Waals surface area contributed by atoms with Crippen molar-refractivity contribution in [2.45, 2.75) is 40.0 Å². The molecule has 4 heteroatoms. The number of hydrogen-bond acceptors (Lipinski definition) is 2. The zero-order chi connectivity index (χ0) is 17.5. The Hall–Kier alpha value is -2.49. The van der Waals surface area contributed by atoms with Crippen molar-refractivity contribution in [3.05, 3.63) is 65.2 Å². The molecule has 2 aromatic carbocycles. The lowest BCUT2D eigenvalue weighted by Crippen LogP contribution is -2.36. The number of aryl methyl sites for hydroxylation is 1. The van der Waals surface area contributed by atoms with Crippen molar-refractivity contribution in [2.75, 3.05) is 7.05 Å². The molecule has 4 nitrogen and oxygen atoms in total. The summed E-state index contributed by atoms with van der Waals surface area (Å²) in [4.78, 5) is 13.9. The van der Waals surface area contributed by atoms with Gasteiger partial charge in [-0.15, -0.1) is 0 Å². The molecule has 2 rings (SSSR count). The van der Waals surface area contributed by atoms with Gasteiger partial charge in [0.2, 0.25) is 0 Å². The molecule has 2 amide bonds. The van der Waals surface area contributed by atoms with E-state index in [0.717, 1.165) is 16.9 Å². The van der Waals surface area contributed by atoms with Gasteiger partial charge in [-0.3, -0.25) is 0 Å². The molecule has 0 saturated carbocycles. The van der Waals surface area contributed by atoms with E-state index in [9.17, 15) is 4.79 Å². The Kier molecular flexibility index (Phi) is 6.24. The molecule has 0 radical (unpaired) electrons. The fraction of sp³-hybridized carbons (Fsp3) is 0.350. The van der Waals surface area contributed by atoms with Gasteiger partial charge in [0.25, 0.3) is 0 Å². The standard InChI is InChI=1S/C20H26N2O2/c1-15(2)24-19-11-9-17(10-12-19)13-21-20(23)22(4)14-18-8-6-5-7-16(18)3/h5-12,15H,13-14H2,1-4H3,(H,21,23). The van der Waals surface area contributed by atoms with Gasteiger partial charge in [0, 0.05) is 20.1 Å². The first-order chi connectivity index (χ1) is 11.5. The van der Waals surface area contributed by atoms with Gasteiger partial charge in [-0.1, -0.05) is 36.4 Å². The van der Waals surface area contributed by atoms with Crippen molar-refractivity contribution < 1.29 is 9.53 Å². The Morgan fingerprint density at radius 1 is 1.12 bits per heavy atom. The second kappa shape index (κ2) is 8.39. The molecule has 0 aliphatic rings. The third-order valence-electron chi connectivity index (χ3n) is 3.75. The maximum Gasteiger partial charge on any atom is 0.317 e. The van der Waals surface area contributed by atoms with E-state index in [1.165, 1.54) is 5.56 Å². The number of ether oxygens (including phenoxy) is 1. The summed E-state index contributed by atoms with van der Waals surface area (Å²) in [5.74, 6) is 0.844. The predicted octanol–water partition coefficient (Wildman–Crippen LogP) is 4.12. The van der Waals surface area contributed by atoms with Crippen LogP contribution in [0.4, 0.5) is 4.79 Å². The largest absolute Gasteiger partial charge is 0.491 e. The van der Waals surface area contributed by atoms with Crippen LogP contribution in [0.3, 0.4) is 0 Å². The lowest BCUT2D eigenvalue weighted by atomic mass is 10.1. The van der Waals surface area contributed by atoms with Crippen LogP contribution in [0.1, 0.15) is 30.5 Å². The molecule has 0 spiro atoms. The summed E-state index contributed by atoms with van der Waals surface area (Å²) in [7, 11) is 1.81. The number of amides is 2. The highest BCUT2D eigenvalue weighted by Gasteiger charge is 2.10. The Balaban J connectivity index is 1.85. The smallest absolute Gasteiger partial charge is 0.317 e. The summed E-state index contributed by atoms with van der Waals surface area (Å²) in [6, 6.07) is 15.8. The van der Waals surface area contributed by atoms with Gasteiger partial charge in [0.15, 0.2) is 0 Å². The van der Waals surface area contributed by atoms with Crippen molar-refractivity contribution in [3.63, 3.8) is 0 Å². The number of nitrogens with zero attached hydrogens (tertiary/aromatic N) is 1. The minimum absolute atomic E-state index is 0.0826. The summed E-state index contributed by atoms with van der Waals surface area (Å²) in [6.07, 6.45) is 0.158. The normalized spacial score (nSPS) is 10.5. The fourth-order valence-corrected chi connectivity index (χ4v) is 2.39. The monoisotopic (exact) mass is 326 g/mol. The molecule has 24 heavy (non-hydrogen) atoms. The topological polar surface area (TPSA) is 41.6 Å². The van der Waals surface area contributed by atoms with Crippen molar-refractivity contribution >= 4 is 6.03 Å². The summed E-state index contributed by atoms with van der Waals surface area (Å²) < 4.78 is 5.61. The van der Waals surface area contributed by atoms with E-state index in [1.807, 2.05) is 56.3 Å². The summed E-state index contributed by atoms with van der Waals surface area (Å²) >= 11 is 0. The molecular formula is C20H26N2O2. The van der Waals surface area contributed by atoms with E-state index in [0.29, 0.717) is 13.1 Å². The van der Waals surface area contributed by atoms with Crippen molar-refractivity contribution in [3.8, 4) is 5.75 Å². The van der Waals surface area contributed by atoms with Gasteiger partial charge in [0.1, 0.15) is 5.75 Å². The van der Waals surface area contributed by atoms with E-state index in [2.05, 4.69) is 18.3 Å². The lowest BCUT2D eigenvalue weighted by Gasteiger charge is -2.19. The number of carbonyl (C=O) groups excluding carboxylic acids is 1. The summed E-state index contributed by atoms with van der Waals surface area (Å²) in [5.41, 5.74) is 3.40. The van der Waals surface area contributed by atoms with Gasteiger partial charge in [0.05, 0.1) is 6.10 Å². The summed E-state index contributed by atoms with van der Waals surface area (Å²) in [6.45, 7) is 7.15. The molecular weight excluding hydrogens is 300 g/mol. The van der Waals surface area contributed by atoms with Crippen LogP contribution in [0.5, 0.6) is 5.75 Å². The van der Waals surface area contributed by atoms with E-state index < -0.39 is 0 Å². The fourth-order valence-electron chi connectivity index (χ4n) is 2.39. The Morgan fingerprint density at radius 2 is 1.79 bits per heavy atom. The van der Waals surface area contributed by atoms with Gasteiger partial charge < -0.3 is 15.0 Å². The molecule has 0 aliphatic heterocycles. The van der Waals surface area contributed by atoms with Crippen molar-refractivity contribution in [2.24, 2.45) is 0 Å². The minimum atomic E-state index is -0.0826. The highest BCUT2D eigenvalue weighted by atomic mass is 16.5. The molecule has 2 aromatic rings. The number of hydrogen-bond donors (Lipinski definition) is 1. The summed E-state index contributed by atoms with van der Waals surface area (Å²) in [5, 5.41) is 2.94. The van der Waals surface area contributed by atoms with E-state index >= 15 is 0 Å². The van der Waals surface area contributed by atoms with Gasteiger partial charge in [-0.2, -0.15) is 0 Å². The quantitative estimate of drug-likeness (QED) is 0.867. The average molecular weight is 326 g/mol. The van der Waals surface area contributed by atoms with Gasteiger partial charge >= 0.3 is 6.03 Å². The second-order valence-corrected chi connectivity index (χ2v) is 6.25. The van der Waals surface area contributed by atoms with E-state index in [-0.39, 0.29) is 12.1 Å². The number of nitrogens with one attached hydrogen (secondary N) is 1. The lowest BCUT2D eigenvalue weighted by molar-refractivity contribution is 0.206. The van der Waals surface area contributed by atoms with Crippen molar-refractivity contribution in [1.82, 2.24) is 10.2 Å². The molecule has 0 unspecified atom stereocenters. The van der Waals surface area contributed by atoms with E-state index in [1.54, 1.807) is 11.9 Å². The van der Waals surface area contributed by atoms with Crippen LogP contribution in [-0.2, 0) is 13.1 Å². The zero-order valence-corrected chi connectivity index (χ0v) is 14.9. The van der Waals surface area contributed by atoms with Crippen LogP contribution >= 0.6 is 0 Å². The molecule has 0 saturated heterocycles. The Labute approximate surface area is 144 Å². The first kappa shape index (κ1) is 17.9. The van der Waals surface area contributed by atoms with Crippen LogP contribution in [0.2, 0.25) is 0 Å². The Morgan fingerprint density at radius 3 is 2.42 bits per heavy atom. The van der Waals surface area contributed by atoms with Crippen LogP contribution in [-0.4, -0.2) is 24.1 Å². The highest BCUT2D eigenvalue weighted by Crippen LogP contribution is 2.14. The number of urea groups is 1. The zero-order valence-electron chi connectivity index (χ0n) is 14.9. The molecule has 0 bridgehead atoms. The molecule has 128 valence electrons. The number of rotatable bonds is 6. The molecule has 0 aromatic heterocycles. The minimum Gasteiger partial charge on any atom is -0.491 e. The highest BCUT2D eigenvalue weighted by molar-refractivity contribution is 5.73. The molecule has 0 heterocycles. The van der Waals surface area contributed by atoms with Gasteiger partial charge in [-0.05, 0) is 49.6 Å². The molecule has 0 fully saturated rings. The average Bonchev–Trinajstić information content (AvgIpc) is 2.55. The maximum atomic E-state index is 12.2. The van der Waals surface area contributed by atoms with E-state index in [4.69, 9.17) is 4.74 Å². The molecule has 0 atom stereocenters. The maximum absolute atomic E-state index is 12.2. The number of carbonyl (C=O) groups is 1. The van der Waals surface area contributed by atoms with Crippen LogP contribution in [0.15, 0.2) is 48.5 Å². The number of benzene rings is 2. The first-order valence-electron chi connectivity index (χ1n) is 8.25. The third kappa shape index (κ3) is 5.30. The third-order valence-corrected chi connectivity index (χ3v) is 3.75. The second-order valence-electron chi connectivity index (χ2n) is 6.25.